The summed E-state index contributed by atoms with van der Waals surface area (Å²) in [7, 11) is 3.38. The molecule has 2 amide bonds. The fourth-order valence-corrected chi connectivity index (χ4v) is 5.36. The molecule has 2 atom stereocenters. The molecule has 0 saturated carbocycles. The Morgan fingerprint density at radius 1 is 1.34 bits per heavy atom. The first kappa shape index (κ1) is 22.6. The van der Waals surface area contributed by atoms with Crippen LogP contribution in [0, 0.1) is 5.92 Å². The number of carbonyl (C=O) groups is 2. The van der Waals surface area contributed by atoms with Crippen molar-refractivity contribution in [2.45, 2.75) is 38.8 Å². The molecule has 3 heterocycles. The van der Waals surface area contributed by atoms with E-state index in [1.165, 1.54) is 11.3 Å². The highest BCUT2D eigenvalue weighted by Gasteiger charge is 2.45. The molecule has 32 heavy (non-hydrogen) atoms. The number of amides is 2. The molecule has 1 aliphatic rings. The summed E-state index contributed by atoms with van der Waals surface area (Å²) in [6.45, 7) is 3.06. The summed E-state index contributed by atoms with van der Waals surface area (Å²) < 4.78 is 7.19. The zero-order valence-electron chi connectivity index (χ0n) is 18.5. The summed E-state index contributed by atoms with van der Waals surface area (Å²) in [6.07, 6.45) is 3.99. The van der Waals surface area contributed by atoms with Gasteiger partial charge in [-0.05, 0) is 24.1 Å². The van der Waals surface area contributed by atoms with Crippen molar-refractivity contribution in [1.82, 2.24) is 19.2 Å². The lowest BCUT2D eigenvalue weighted by atomic mass is 9.92. The number of likely N-dealkylation sites (tertiary alicyclic amines) is 1. The normalized spacial score (nSPS) is 18.5. The van der Waals surface area contributed by atoms with Crippen molar-refractivity contribution in [3.05, 3.63) is 52.3 Å². The number of hydrogen-bond donors (Lipinski definition) is 0. The molecule has 9 heteroatoms. The van der Waals surface area contributed by atoms with Gasteiger partial charge in [-0.2, -0.15) is 0 Å². The van der Waals surface area contributed by atoms with E-state index in [1.807, 2.05) is 45.1 Å². The minimum absolute atomic E-state index is 0.0219. The Morgan fingerprint density at radius 2 is 2.09 bits per heavy atom. The molecule has 0 radical (unpaired) electrons. The number of carbonyl (C=O) groups excluding carboxylic acids is 2. The maximum absolute atomic E-state index is 13.6. The van der Waals surface area contributed by atoms with E-state index >= 15 is 0 Å². The standard InChI is InChI=1S/C23H27ClN4O3S/c1-4-5-10-28-19(29)13-17(20(28)15-6-8-16(31-3)9-7-15)22(30)26(2)14-18-21(24)25-23-27(18)11-12-32-23/h6-9,11-12,17,20H,4-5,10,13-14H2,1-3H3/t17-,20-/m0/s1. The van der Waals surface area contributed by atoms with Crippen molar-refractivity contribution in [3.63, 3.8) is 0 Å². The van der Waals surface area contributed by atoms with Crippen molar-refractivity contribution in [2.75, 3.05) is 20.7 Å². The van der Waals surface area contributed by atoms with E-state index in [-0.39, 0.29) is 24.3 Å². The van der Waals surface area contributed by atoms with Crippen LogP contribution in [0.15, 0.2) is 35.8 Å². The molecule has 1 saturated heterocycles. The molecule has 4 rings (SSSR count). The lowest BCUT2D eigenvalue weighted by molar-refractivity contribution is -0.135. The van der Waals surface area contributed by atoms with E-state index in [1.54, 1.807) is 19.1 Å². The van der Waals surface area contributed by atoms with E-state index in [0.717, 1.165) is 34.8 Å². The number of aromatic nitrogens is 2. The molecular weight excluding hydrogens is 448 g/mol. The SMILES string of the molecule is CCCCN1C(=O)C[C@H](C(=O)N(C)Cc2c(Cl)nc3sccn23)[C@@H]1c1ccc(OC)cc1. The van der Waals surface area contributed by atoms with Crippen LogP contribution < -0.4 is 4.74 Å². The molecule has 0 unspecified atom stereocenters. The first-order valence-corrected chi connectivity index (χ1v) is 12.0. The third-order valence-electron chi connectivity index (χ3n) is 6.03. The Morgan fingerprint density at radius 3 is 2.78 bits per heavy atom. The van der Waals surface area contributed by atoms with Gasteiger partial charge in [0.2, 0.25) is 11.8 Å². The van der Waals surface area contributed by atoms with Crippen LogP contribution in [0.25, 0.3) is 4.96 Å². The second-order valence-corrected chi connectivity index (χ2v) is 9.30. The van der Waals surface area contributed by atoms with Crippen LogP contribution in [0.5, 0.6) is 5.75 Å². The van der Waals surface area contributed by atoms with E-state index < -0.39 is 5.92 Å². The van der Waals surface area contributed by atoms with E-state index in [9.17, 15) is 9.59 Å². The Labute approximate surface area is 196 Å². The number of fused-ring (bicyclic) bond motifs is 1. The molecule has 0 bridgehead atoms. The van der Waals surface area contributed by atoms with Gasteiger partial charge >= 0.3 is 0 Å². The molecule has 1 fully saturated rings. The van der Waals surface area contributed by atoms with E-state index in [2.05, 4.69) is 11.9 Å². The highest BCUT2D eigenvalue weighted by atomic mass is 35.5. The van der Waals surface area contributed by atoms with Gasteiger partial charge in [0.25, 0.3) is 0 Å². The average Bonchev–Trinajstić information content (AvgIpc) is 3.46. The second-order valence-electron chi connectivity index (χ2n) is 8.07. The highest BCUT2D eigenvalue weighted by molar-refractivity contribution is 7.15. The number of ether oxygens (including phenoxy) is 1. The van der Waals surface area contributed by atoms with Crippen molar-refractivity contribution in [2.24, 2.45) is 5.92 Å². The maximum atomic E-state index is 13.6. The maximum Gasteiger partial charge on any atom is 0.228 e. The molecular formula is C23H27ClN4O3S. The Balaban J connectivity index is 1.61. The smallest absolute Gasteiger partial charge is 0.228 e. The third kappa shape index (κ3) is 4.21. The molecule has 0 N–H and O–H groups in total. The Bertz CT molecular complexity index is 1110. The second kappa shape index (κ2) is 9.50. The number of thiazole rings is 1. The lowest BCUT2D eigenvalue weighted by Gasteiger charge is -2.30. The van der Waals surface area contributed by atoms with Gasteiger partial charge < -0.3 is 14.5 Å². The number of benzene rings is 1. The van der Waals surface area contributed by atoms with Crippen molar-refractivity contribution in [3.8, 4) is 5.75 Å². The predicted molar refractivity (Wildman–Crippen MR) is 125 cm³/mol. The first-order chi connectivity index (χ1) is 15.4. The average molecular weight is 475 g/mol. The van der Waals surface area contributed by atoms with Gasteiger partial charge in [0, 0.05) is 31.6 Å². The predicted octanol–water partition coefficient (Wildman–Crippen LogP) is 4.41. The zero-order chi connectivity index (χ0) is 22.8. The number of halogens is 1. The monoisotopic (exact) mass is 474 g/mol. The summed E-state index contributed by atoms with van der Waals surface area (Å²) in [4.78, 5) is 35.2. The Hall–Kier alpha value is -2.58. The van der Waals surface area contributed by atoms with Gasteiger partial charge in [0.1, 0.15) is 5.75 Å². The number of rotatable bonds is 8. The first-order valence-electron chi connectivity index (χ1n) is 10.7. The van der Waals surface area contributed by atoms with Gasteiger partial charge in [-0.3, -0.25) is 14.0 Å². The topological polar surface area (TPSA) is 67.2 Å². The molecule has 0 spiro atoms. The molecule has 1 aromatic carbocycles. The molecule has 7 nitrogen and oxygen atoms in total. The minimum Gasteiger partial charge on any atom is -0.497 e. The molecule has 3 aromatic rings. The van der Waals surface area contributed by atoms with Crippen LogP contribution in [-0.4, -0.2) is 51.7 Å². The summed E-state index contributed by atoms with van der Waals surface area (Å²) in [6, 6.07) is 7.35. The van der Waals surface area contributed by atoms with Gasteiger partial charge in [-0.1, -0.05) is 37.1 Å². The largest absolute Gasteiger partial charge is 0.497 e. The van der Waals surface area contributed by atoms with Crippen LogP contribution in [0.1, 0.15) is 43.5 Å². The summed E-state index contributed by atoms with van der Waals surface area (Å²) in [5.74, 6) is 0.240. The van der Waals surface area contributed by atoms with Crippen LogP contribution in [-0.2, 0) is 16.1 Å². The number of imidazole rings is 1. The third-order valence-corrected chi connectivity index (χ3v) is 7.09. The quantitative estimate of drug-likeness (QED) is 0.485. The van der Waals surface area contributed by atoms with Crippen LogP contribution in [0.2, 0.25) is 5.15 Å². The summed E-state index contributed by atoms with van der Waals surface area (Å²) in [5, 5.41) is 2.33. The van der Waals surface area contributed by atoms with E-state index in [4.69, 9.17) is 16.3 Å². The minimum atomic E-state index is -0.456. The number of hydrogen-bond acceptors (Lipinski definition) is 5. The van der Waals surface area contributed by atoms with Crippen molar-refractivity contribution < 1.29 is 14.3 Å². The van der Waals surface area contributed by atoms with Gasteiger partial charge in [0.15, 0.2) is 10.1 Å². The van der Waals surface area contributed by atoms with Crippen molar-refractivity contribution in [1.29, 1.82) is 0 Å². The number of nitrogens with zero attached hydrogens (tertiary/aromatic N) is 4. The molecule has 1 aliphatic heterocycles. The molecule has 0 aliphatic carbocycles. The number of unbranched alkanes of at least 4 members (excludes halogenated alkanes) is 1. The van der Waals surface area contributed by atoms with E-state index in [0.29, 0.717) is 18.2 Å². The van der Waals surface area contributed by atoms with Crippen LogP contribution >= 0.6 is 22.9 Å². The summed E-state index contributed by atoms with van der Waals surface area (Å²) >= 11 is 7.83. The number of methoxy groups -OCH3 is 1. The summed E-state index contributed by atoms with van der Waals surface area (Å²) in [5.41, 5.74) is 1.72. The van der Waals surface area contributed by atoms with Crippen molar-refractivity contribution >= 4 is 39.7 Å². The Kier molecular flexibility index (Phi) is 6.71. The van der Waals surface area contributed by atoms with Gasteiger partial charge in [-0.25, -0.2) is 4.98 Å². The fraction of sp³-hybridized carbons (Fsp3) is 0.435. The zero-order valence-corrected chi connectivity index (χ0v) is 20.0. The lowest BCUT2D eigenvalue weighted by Crippen LogP contribution is -2.37. The molecule has 2 aromatic heterocycles. The van der Waals surface area contributed by atoms with Gasteiger partial charge in [0.05, 0.1) is 31.3 Å². The van der Waals surface area contributed by atoms with Crippen LogP contribution in [0.3, 0.4) is 0 Å². The van der Waals surface area contributed by atoms with Gasteiger partial charge in [-0.15, -0.1) is 11.3 Å². The fourth-order valence-electron chi connectivity index (χ4n) is 4.35. The molecule has 170 valence electrons. The van der Waals surface area contributed by atoms with Crippen LogP contribution in [0.4, 0.5) is 0 Å². The highest BCUT2D eigenvalue weighted by Crippen LogP contribution is 2.40.